The molecule has 0 heterocycles. The SMILES string of the molecule is CCCc1cc(F)c(OCC2CCC(c3cc(F)c(-c4cc(F)c(F)c(F)c4)c(F)c3)CC2)c(F)c1. The van der Waals surface area contributed by atoms with Gasteiger partial charge in [0.2, 0.25) is 0 Å². The van der Waals surface area contributed by atoms with Crippen molar-refractivity contribution in [2.75, 3.05) is 6.61 Å². The number of ether oxygens (including phenoxy) is 1. The Labute approximate surface area is 204 Å². The maximum absolute atomic E-state index is 14.8. The van der Waals surface area contributed by atoms with Crippen LogP contribution in [0, 0.1) is 46.6 Å². The van der Waals surface area contributed by atoms with Crippen molar-refractivity contribution in [3.05, 3.63) is 88.2 Å². The number of hydrogen-bond donors (Lipinski definition) is 0. The van der Waals surface area contributed by atoms with E-state index >= 15 is 0 Å². The smallest absolute Gasteiger partial charge is 0.194 e. The summed E-state index contributed by atoms with van der Waals surface area (Å²) in [6.07, 6.45) is 3.74. The van der Waals surface area contributed by atoms with E-state index in [-0.39, 0.29) is 18.4 Å². The average Bonchev–Trinajstić information content (AvgIpc) is 2.82. The van der Waals surface area contributed by atoms with Crippen LogP contribution in [-0.4, -0.2) is 6.61 Å². The van der Waals surface area contributed by atoms with E-state index < -0.39 is 57.6 Å². The molecule has 0 saturated heterocycles. The summed E-state index contributed by atoms with van der Waals surface area (Å²) in [6, 6.07) is 5.91. The van der Waals surface area contributed by atoms with Gasteiger partial charge in [-0.15, -0.1) is 0 Å². The van der Waals surface area contributed by atoms with Gasteiger partial charge in [-0.3, -0.25) is 0 Å². The molecule has 4 rings (SSSR count). The van der Waals surface area contributed by atoms with Crippen LogP contribution in [0.25, 0.3) is 11.1 Å². The molecule has 1 nitrogen and oxygen atoms in total. The molecule has 0 unspecified atom stereocenters. The van der Waals surface area contributed by atoms with Crippen LogP contribution in [0.3, 0.4) is 0 Å². The Kier molecular flexibility index (Phi) is 7.91. The molecule has 192 valence electrons. The van der Waals surface area contributed by atoms with Crippen LogP contribution in [0.2, 0.25) is 0 Å². The van der Waals surface area contributed by atoms with Crippen LogP contribution in [0.1, 0.15) is 56.1 Å². The largest absolute Gasteiger partial charge is 0.487 e. The summed E-state index contributed by atoms with van der Waals surface area (Å²) in [5.74, 6) is -8.80. The van der Waals surface area contributed by atoms with Gasteiger partial charge in [0.1, 0.15) is 11.6 Å². The third kappa shape index (κ3) is 5.52. The van der Waals surface area contributed by atoms with E-state index in [1.54, 1.807) is 0 Å². The fraction of sp³-hybridized carbons (Fsp3) is 0.357. The highest BCUT2D eigenvalue weighted by Crippen LogP contribution is 2.39. The fourth-order valence-electron chi connectivity index (χ4n) is 4.85. The second-order valence-corrected chi connectivity index (χ2v) is 9.28. The normalized spacial score (nSPS) is 17.9. The van der Waals surface area contributed by atoms with Crippen molar-refractivity contribution in [1.29, 1.82) is 0 Å². The Balaban J connectivity index is 1.40. The molecule has 0 atom stereocenters. The molecule has 8 heteroatoms. The van der Waals surface area contributed by atoms with Crippen LogP contribution in [0.5, 0.6) is 5.75 Å². The fourth-order valence-corrected chi connectivity index (χ4v) is 4.85. The van der Waals surface area contributed by atoms with Gasteiger partial charge >= 0.3 is 0 Å². The zero-order valence-electron chi connectivity index (χ0n) is 19.6. The molecule has 0 spiro atoms. The minimum Gasteiger partial charge on any atom is -0.487 e. The number of benzene rings is 3. The Morgan fingerprint density at radius 3 is 1.78 bits per heavy atom. The molecule has 0 amide bonds. The highest BCUT2D eigenvalue weighted by molar-refractivity contribution is 5.65. The molecular formula is C28H25F7O. The zero-order chi connectivity index (χ0) is 26.0. The van der Waals surface area contributed by atoms with Gasteiger partial charge in [-0.2, -0.15) is 0 Å². The maximum Gasteiger partial charge on any atom is 0.194 e. The van der Waals surface area contributed by atoms with Gasteiger partial charge in [0.05, 0.1) is 12.2 Å². The van der Waals surface area contributed by atoms with Crippen molar-refractivity contribution in [2.45, 2.75) is 51.4 Å². The molecular weight excluding hydrogens is 485 g/mol. The summed E-state index contributed by atoms with van der Waals surface area (Å²) < 4.78 is 104. The lowest BCUT2D eigenvalue weighted by molar-refractivity contribution is 0.187. The van der Waals surface area contributed by atoms with Crippen LogP contribution in [-0.2, 0) is 6.42 Å². The van der Waals surface area contributed by atoms with Gasteiger partial charge in [-0.1, -0.05) is 13.3 Å². The molecule has 3 aromatic carbocycles. The van der Waals surface area contributed by atoms with Crippen LogP contribution < -0.4 is 4.74 Å². The first-order chi connectivity index (χ1) is 17.2. The lowest BCUT2D eigenvalue weighted by Gasteiger charge is -2.29. The molecule has 1 fully saturated rings. The standard InChI is InChI=1S/C28H25F7O/c1-2-3-16-8-24(33)28(25(34)9-16)36-14-15-4-6-17(7-5-15)18-10-20(29)26(21(30)11-18)19-12-22(31)27(35)23(32)13-19/h8-13,15,17H,2-7,14H2,1H3. The predicted octanol–water partition coefficient (Wildman–Crippen LogP) is 8.63. The van der Waals surface area contributed by atoms with Gasteiger partial charge < -0.3 is 4.74 Å². The first kappa shape index (κ1) is 26.0. The molecule has 1 aliphatic rings. The van der Waals surface area contributed by atoms with Crippen molar-refractivity contribution >= 4 is 0 Å². The number of aryl methyl sites for hydroxylation is 1. The molecule has 0 aliphatic heterocycles. The second kappa shape index (κ2) is 10.9. The Morgan fingerprint density at radius 2 is 1.25 bits per heavy atom. The Bertz CT molecular complexity index is 1180. The highest BCUT2D eigenvalue weighted by atomic mass is 19.2. The van der Waals surface area contributed by atoms with Gasteiger partial charge in [-0.05, 0) is 97.0 Å². The monoisotopic (exact) mass is 510 g/mol. The predicted molar refractivity (Wildman–Crippen MR) is 122 cm³/mol. The highest BCUT2D eigenvalue weighted by Gasteiger charge is 2.26. The first-order valence-corrected chi connectivity index (χ1v) is 11.9. The molecule has 0 radical (unpaired) electrons. The molecule has 0 N–H and O–H groups in total. The van der Waals surface area contributed by atoms with E-state index in [0.717, 1.165) is 18.6 Å². The zero-order valence-corrected chi connectivity index (χ0v) is 19.6. The number of halogens is 7. The number of rotatable bonds is 7. The average molecular weight is 510 g/mol. The van der Waals surface area contributed by atoms with E-state index in [1.165, 1.54) is 12.1 Å². The molecule has 0 bridgehead atoms. The second-order valence-electron chi connectivity index (χ2n) is 9.28. The van der Waals surface area contributed by atoms with Crippen molar-refractivity contribution in [1.82, 2.24) is 0 Å². The number of hydrogen-bond acceptors (Lipinski definition) is 1. The molecule has 0 aromatic heterocycles. The Morgan fingerprint density at radius 1 is 0.694 bits per heavy atom. The Hall–Kier alpha value is -3.03. The third-order valence-electron chi connectivity index (χ3n) is 6.72. The quantitative estimate of drug-likeness (QED) is 0.228. The van der Waals surface area contributed by atoms with Crippen molar-refractivity contribution in [3.63, 3.8) is 0 Å². The van der Waals surface area contributed by atoms with Crippen molar-refractivity contribution in [2.24, 2.45) is 5.92 Å². The summed E-state index contributed by atoms with van der Waals surface area (Å²) in [4.78, 5) is 0. The van der Waals surface area contributed by atoms with Gasteiger partial charge in [0.15, 0.2) is 34.8 Å². The summed E-state index contributed by atoms with van der Waals surface area (Å²) >= 11 is 0. The summed E-state index contributed by atoms with van der Waals surface area (Å²) in [5.41, 5.74) is -0.0936. The summed E-state index contributed by atoms with van der Waals surface area (Å²) in [5, 5.41) is 0. The third-order valence-corrected chi connectivity index (χ3v) is 6.72. The molecule has 1 saturated carbocycles. The summed E-state index contributed by atoms with van der Waals surface area (Å²) in [6.45, 7) is 2.04. The van der Waals surface area contributed by atoms with E-state index in [4.69, 9.17) is 4.74 Å². The topological polar surface area (TPSA) is 9.23 Å². The van der Waals surface area contributed by atoms with E-state index in [2.05, 4.69) is 0 Å². The van der Waals surface area contributed by atoms with Crippen LogP contribution in [0.4, 0.5) is 30.7 Å². The minimum atomic E-state index is -1.71. The lowest BCUT2D eigenvalue weighted by atomic mass is 9.78. The van der Waals surface area contributed by atoms with E-state index in [9.17, 15) is 30.7 Å². The van der Waals surface area contributed by atoms with E-state index in [0.29, 0.717) is 55.4 Å². The molecule has 1 aliphatic carbocycles. The maximum atomic E-state index is 14.8. The minimum absolute atomic E-state index is 0.0227. The van der Waals surface area contributed by atoms with Gasteiger partial charge in [0.25, 0.3) is 0 Å². The van der Waals surface area contributed by atoms with Crippen molar-refractivity contribution in [3.8, 4) is 16.9 Å². The summed E-state index contributed by atoms with van der Waals surface area (Å²) in [7, 11) is 0. The van der Waals surface area contributed by atoms with Crippen LogP contribution in [0.15, 0.2) is 36.4 Å². The van der Waals surface area contributed by atoms with E-state index in [1.807, 2.05) is 6.92 Å². The van der Waals surface area contributed by atoms with Gasteiger partial charge in [0, 0.05) is 0 Å². The van der Waals surface area contributed by atoms with Crippen molar-refractivity contribution < 1.29 is 35.5 Å². The van der Waals surface area contributed by atoms with Crippen LogP contribution >= 0.6 is 0 Å². The molecule has 36 heavy (non-hydrogen) atoms. The van der Waals surface area contributed by atoms with Gasteiger partial charge in [-0.25, -0.2) is 30.7 Å². The first-order valence-electron chi connectivity index (χ1n) is 11.9. The lowest BCUT2D eigenvalue weighted by Crippen LogP contribution is -2.20. The molecule has 3 aromatic rings.